The Morgan fingerprint density at radius 1 is 0.853 bits per heavy atom. The van der Waals surface area contributed by atoms with Crippen molar-refractivity contribution in [2.75, 3.05) is 0 Å². The fourth-order valence-electron chi connectivity index (χ4n) is 4.46. The van der Waals surface area contributed by atoms with Crippen molar-refractivity contribution in [3.05, 3.63) is 47.0 Å². The summed E-state index contributed by atoms with van der Waals surface area (Å²) in [5.74, 6) is 1.91. The second kappa shape index (κ2) is 13.3. The molecular weight excluding hydrogens is 424 g/mol. The van der Waals surface area contributed by atoms with Crippen LogP contribution in [-0.2, 0) is 16.0 Å². The molecular formula is C30H42O4. The predicted molar refractivity (Wildman–Crippen MR) is 140 cm³/mol. The first-order valence-electron chi connectivity index (χ1n) is 12.7. The van der Waals surface area contributed by atoms with E-state index in [-0.39, 0.29) is 11.9 Å². The lowest BCUT2D eigenvalue weighted by Crippen LogP contribution is -2.09. The lowest BCUT2D eigenvalue weighted by Gasteiger charge is -2.19. The number of rotatable bonds is 12. The van der Waals surface area contributed by atoms with Crippen LogP contribution in [0.2, 0.25) is 0 Å². The summed E-state index contributed by atoms with van der Waals surface area (Å²) in [5.41, 5.74) is 3.03. The van der Waals surface area contributed by atoms with Crippen molar-refractivity contribution >= 4 is 22.7 Å². The maximum atomic E-state index is 11.9. The summed E-state index contributed by atoms with van der Waals surface area (Å²) in [7, 11) is 0. The van der Waals surface area contributed by atoms with Crippen LogP contribution in [-0.4, -0.2) is 11.9 Å². The summed E-state index contributed by atoms with van der Waals surface area (Å²) in [6.45, 7) is 13.8. The highest BCUT2D eigenvalue weighted by molar-refractivity contribution is 5.98. The Bertz CT molecular complexity index is 1020. The molecule has 0 aliphatic rings. The average molecular weight is 467 g/mol. The van der Waals surface area contributed by atoms with E-state index in [0.29, 0.717) is 17.9 Å². The lowest BCUT2D eigenvalue weighted by atomic mass is 9.93. The molecule has 0 saturated carbocycles. The standard InChI is InChI=1S/C30H42O4/c1-20(2)12-10-13-21(3)14-11-15-22(4)18-19-26-23(5)29(33-24(6)31)27-16-8-9-17-28(27)30(26)34-25(7)32/h8-9,16-18,20-21H,10-15,19H2,1-7H3/b22-18+. The number of benzene rings is 2. The molecule has 2 aromatic carbocycles. The predicted octanol–water partition coefficient (Wildman–Crippen LogP) is 8.12. The third kappa shape index (κ3) is 8.30. The summed E-state index contributed by atoms with van der Waals surface area (Å²) in [4.78, 5) is 23.7. The molecule has 0 bridgehead atoms. The van der Waals surface area contributed by atoms with Crippen LogP contribution in [0, 0.1) is 18.8 Å². The molecule has 1 atom stereocenters. The Morgan fingerprint density at radius 3 is 2.00 bits per heavy atom. The molecule has 0 spiro atoms. The van der Waals surface area contributed by atoms with Crippen molar-refractivity contribution in [1.29, 1.82) is 0 Å². The maximum Gasteiger partial charge on any atom is 0.308 e. The molecule has 0 aromatic heterocycles. The van der Waals surface area contributed by atoms with Gasteiger partial charge in [-0.25, -0.2) is 0 Å². The minimum atomic E-state index is -0.367. The van der Waals surface area contributed by atoms with Gasteiger partial charge in [0.05, 0.1) is 0 Å². The Balaban J connectivity index is 2.21. The van der Waals surface area contributed by atoms with E-state index in [2.05, 4.69) is 33.8 Å². The number of esters is 2. The number of hydrogen-bond donors (Lipinski definition) is 0. The van der Waals surface area contributed by atoms with Gasteiger partial charge in [0, 0.05) is 30.2 Å². The Morgan fingerprint density at radius 2 is 1.41 bits per heavy atom. The number of fused-ring (bicyclic) bond motifs is 1. The van der Waals surface area contributed by atoms with Crippen LogP contribution in [0.15, 0.2) is 35.9 Å². The highest BCUT2D eigenvalue weighted by atomic mass is 16.5. The van der Waals surface area contributed by atoms with Gasteiger partial charge >= 0.3 is 11.9 Å². The maximum absolute atomic E-state index is 11.9. The van der Waals surface area contributed by atoms with E-state index >= 15 is 0 Å². The van der Waals surface area contributed by atoms with E-state index in [1.54, 1.807) is 0 Å². The topological polar surface area (TPSA) is 52.6 Å². The Kier molecular flexibility index (Phi) is 10.8. The van der Waals surface area contributed by atoms with E-state index < -0.39 is 0 Å². The minimum absolute atomic E-state index is 0.363. The number of ether oxygens (including phenoxy) is 2. The minimum Gasteiger partial charge on any atom is -0.426 e. The molecule has 0 N–H and O–H groups in total. The van der Waals surface area contributed by atoms with E-state index in [0.717, 1.165) is 40.2 Å². The van der Waals surface area contributed by atoms with Crippen molar-refractivity contribution < 1.29 is 19.1 Å². The van der Waals surface area contributed by atoms with Crippen LogP contribution in [0.3, 0.4) is 0 Å². The zero-order chi connectivity index (χ0) is 25.3. The van der Waals surface area contributed by atoms with Gasteiger partial charge in [0.15, 0.2) is 0 Å². The van der Waals surface area contributed by atoms with Gasteiger partial charge in [-0.05, 0) is 50.5 Å². The van der Waals surface area contributed by atoms with Crippen LogP contribution in [0.1, 0.15) is 91.2 Å². The first kappa shape index (κ1) is 27.6. The average Bonchev–Trinajstić information content (AvgIpc) is 2.75. The number of carbonyl (C=O) groups excluding carboxylic acids is 2. The zero-order valence-electron chi connectivity index (χ0n) is 22.1. The molecule has 0 radical (unpaired) electrons. The van der Waals surface area contributed by atoms with Crippen LogP contribution in [0.4, 0.5) is 0 Å². The third-order valence-electron chi connectivity index (χ3n) is 6.38. The van der Waals surface area contributed by atoms with Gasteiger partial charge in [-0.2, -0.15) is 0 Å². The summed E-state index contributed by atoms with van der Waals surface area (Å²) >= 11 is 0. The molecule has 34 heavy (non-hydrogen) atoms. The molecule has 0 saturated heterocycles. The smallest absolute Gasteiger partial charge is 0.308 e. The van der Waals surface area contributed by atoms with Gasteiger partial charge in [0.1, 0.15) is 11.5 Å². The molecule has 0 heterocycles. The highest BCUT2D eigenvalue weighted by Crippen LogP contribution is 2.41. The molecule has 4 nitrogen and oxygen atoms in total. The van der Waals surface area contributed by atoms with Gasteiger partial charge in [0.2, 0.25) is 0 Å². The van der Waals surface area contributed by atoms with Crippen molar-refractivity contribution in [2.24, 2.45) is 11.8 Å². The van der Waals surface area contributed by atoms with Crippen LogP contribution < -0.4 is 9.47 Å². The third-order valence-corrected chi connectivity index (χ3v) is 6.38. The summed E-state index contributed by atoms with van der Waals surface area (Å²) in [5, 5.41) is 1.54. The number of allylic oxidation sites excluding steroid dienone is 2. The fourth-order valence-corrected chi connectivity index (χ4v) is 4.46. The summed E-state index contributed by atoms with van der Waals surface area (Å²) in [6.07, 6.45) is 10.2. The molecule has 0 aliphatic carbocycles. The van der Waals surface area contributed by atoms with Gasteiger partial charge in [0.25, 0.3) is 0 Å². The van der Waals surface area contributed by atoms with Gasteiger partial charge in [-0.1, -0.05) is 82.4 Å². The summed E-state index contributed by atoms with van der Waals surface area (Å²) in [6, 6.07) is 7.58. The van der Waals surface area contributed by atoms with E-state index in [4.69, 9.17) is 9.47 Å². The molecule has 186 valence electrons. The Labute approximate surface area is 205 Å². The van der Waals surface area contributed by atoms with Gasteiger partial charge in [-0.3, -0.25) is 9.59 Å². The van der Waals surface area contributed by atoms with Crippen molar-refractivity contribution in [2.45, 2.75) is 93.4 Å². The fraction of sp³-hybridized carbons (Fsp3) is 0.533. The second-order valence-corrected chi connectivity index (χ2v) is 10.1. The molecule has 0 aliphatic heterocycles. The molecule has 0 amide bonds. The monoisotopic (exact) mass is 466 g/mol. The molecule has 2 rings (SSSR count). The second-order valence-electron chi connectivity index (χ2n) is 10.1. The van der Waals surface area contributed by atoms with Crippen LogP contribution in [0.25, 0.3) is 10.8 Å². The first-order valence-corrected chi connectivity index (χ1v) is 12.7. The summed E-state index contributed by atoms with van der Waals surface area (Å²) < 4.78 is 11.3. The van der Waals surface area contributed by atoms with Crippen molar-refractivity contribution in [3.63, 3.8) is 0 Å². The number of hydrogen-bond acceptors (Lipinski definition) is 4. The molecule has 4 heteroatoms. The van der Waals surface area contributed by atoms with Crippen LogP contribution in [0.5, 0.6) is 11.5 Å². The lowest BCUT2D eigenvalue weighted by molar-refractivity contribution is -0.133. The molecule has 2 aromatic rings. The quantitative estimate of drug-likeness (QED) is 0.180. The van der Waals surface area contributed by atoms with E-state index in [1.165, 1.54) is 51.5 Å². The van der Waals surface area contributed by atoms with Gasteiger partial charge in [-0.15, -0.1) is 0 Å². The first-order chi connectivity index (χ1) is 16.1. The molecule has 0 fully saturated rings. The normalized spacial score (nSPS) is 12.8. The van der Waals surface area contributed by atoms with E-state index in [1.807, 2.05) is 31.2 Å². The van der Waals surface area contributed by atoms with Crippen LogP contribution >= 0.6 is 0 Å². The van der Waals surface area contributed by atoms with Crippen molar-refractivity contribution in [1.82, 2.24) is 0 Å². The Hall–Kier alpha value is -2.62. The zero-order valence-corrected chi connectivity index (χ0v) is 22.1. The van der Waals surface area contributed by atoms with Crippen molar-refractivity contribution in [3.8, 4) is 11.5 Å². The SMILES string of the molecule is CC(=O)Oc1c(C)c(C/C=C(\C)CCCC(C)CCCC(C)C)c(OC(C)=O)c2ccccc12. The highest BCUT2D eigenvalue weighted by Gasteiger charge is 2.20. The van der Waals surface area contributed by atoms with Gasteiger partial charge < -0.3 is 9.47 Å². The largest absolute Gasteiger partial charge is 0.426 e. The number of carbonyl (C=O) groups is 2. The molecule has 1 unspecified atom stereocenters. The van der Waals surface area contributed by atoms with E-state index in [9.17, 15) is 9.59 Å².